The molecule has 0 spiro atoms. The highest BCUT2D eigenvalue weighted by Crippen LogP contribution is 2.50. The Hall–Kier alpha value is -3.19. The van der Waals surface area contributed by atoms with Gasteiger partial charge >= 0.3 is 17.6 Å². The number of aromatic nitrogens is 1. The maximum Gasteiger partial charge on any atom is 0.446 e. The maximum atomic E-state index is 13.7. The van der Waals surface area contributed by atoms with E-state index in [1.54, 1.807) is 51.2 Å². The lowest BCUT2D eigenvalue weighted by molar-refractivity contribution is -0.144. The van der Waals surface area contributed by atoms with Crippen molar-refractivity contribution < 1.29 is 37.3 Å². The lowest BCUT2D eigenvalue weighted by Crippen LogP contribution is -2.48. The number of carbonyl (C=O) groups excluding carboxylic acids is 1. The van der Waals surface area contributed by atoms with E-state index in [1.807, 2.05) is 20.8 Å². The fourth-order valence-corrected chi connectivity index (χ4v) is 6.20. The topological polar surface area (TPSA) is 104 Å². The lowest BCUT2D eigenvalue weighted by Gasteiger charge is -2.35. The van der Waals surface area contributed by atoms with Crippen LogP contribution in [0.1, 0.15) is 51.8 Å². The van der Waals surface area contributed by atoms with Gasteiger partial charge in [-0.3, -0.25) is 4.90 Å². The van der Waals surface area contributed by atoms with Crippen molar-refractivity contribution in [3.05, 3.63) is 47.7 Å². The Morgan fingerprint density at radius 1 is 1.19 bits per heavy atom. The number of halogens is 3. The first-order valence-electron chi connectivity index (χ1n) is 13.5. The maximum absolute atomic E-state index is 13.7. The van der Waals surface area contributed by atoms with Crippen LogP contribution in [0.4, 0.5) is 23.8 Å². The van der Waals surface area contributed by atoms with Gasteiger partial charge in [0, 0.05) is 54.8 Å². The number of carboxylic acid groups (broad SMARTS) is 1. The van der Waals surface area contributed by atoms with Crippen LogP contribution in [0.25, 0.3) is 0 Å². The molecular weight excluding hydrogens is 573 g/mol. The molecule has 2 heterocycles. The molecule has 232 valence electrons. The third-order valence-corrected chi connectivity index (χ3v) is 7.76. The number of aliphatic carboxylic acids is 1. The van der Waals surface area contributed by atoms with Gasteiger partial charge in [-0.2, -0.15) is 13.2 Å². The molecule has 0 bridgehead atoms. The molecular formula is C29H39F3N4O5S. The molecule has 13 heteroatoms. The second kappa shape index (κ2) is 13.0. The van der Waals surface area contributed by atoms with E-state index in [0.29, 0.717) is 22.7 Å². The number of carbonyl (C=O) groups is 2. The van der Waals surface area contributed by atoms with E-state index in [9.17, 15) is 27.9 Å². The van der Waals surface area contributed by atoms with Gasteiger partial charge in [0.15, 0.2) is 0 Å². The van der Waals surface area contributed by atoms with Crippen LogP contribution < -0.4 is 15.0 Å². The number of alkyl halides is 3. The summed E-state index contributed by atoms with van der Waals surface area (Å²) >= 11 is -0.230. The summed E-state index contributed by atoms with van der Waals surface area (Å²) < 4.78 is 50.4. The summed E-state index contributed by atoms with van der Waals surface area (Å²) in [5.41, 5.74) is -4.05. The predicted molar refractivity (Wildman–Crippen MR) is 155 cm³/mol. The minimum Gasteiger partial charge on any atom is -0.496 e. The molecule has 1 aromatic carbocycles. The number of benzene rings is 1. The standard InChI is InChI=1S/C29H39F3N4O5S/c1-16(2)41-27(39)36-23(19-10-9-13-33-25(19)35(6)7)22(21(28(3,4)5)24(36)26(37)38)34-15-17-14-18(42-29(30,31)32)11-12-20(17)40-8/h9-14,16,21-24,34H,15H2,1-8H3,(H,37,38)/t21-,22-,23-,24-/m0/s1. The summed E-state index contributed by atoms with van der Waals surface area (Å²) in [7, 11) is 5.02. The van der Waals surface area contributed by atoms with Gasteiger partial charge in [-0.25, -0.2) is 14.6 Å². The Balaban J connectivity index is 2.20. The van der Waals surface area contributed by atoms with Crippen LogP contribution in [0.3, 0.4) is 0 Å². The van der Waals surface area contributed by atoms with E-state index < -0.39 is 53.1 Å². The van der Waals surface area contributed by atoms with Gasteiger partial charge in [0.2, 0.25) is 0 Å². The fraction of sp³-hybridized carbons (Fsp3) is 0.552. The Morgan fingerprint density at radius 2 is 1.86 bits per heavy atom. The molecule has 3 rings (SSSR count). The molecule has 1 aromatic heterocycles. The van der Waals surface area contributed by atoms with E-state index in [2.05, 4.69) is 10.3 Å². The Morgan fingerprint density at radius 3 is 2.38 bits per heavy atom. The predicted octanol–water partition coefficient (Wildman–Crippen LogP) is 5.94. The lowest BCUT2D eigenvalue weighted by atomic mass is 9.72. The molecule has 1 aliphatic heterocycles. The molecule has 1 aliphatic rings. The number of hydrogen-bond acceptors (Lipinski definition) is 8. The van der Waals surface area contributed by atoms with Crippen molar-refractivity contribution in [1.29, 1.82) is 0 Å². The molecule has 0 radical (unpaired) electrons. The average Bonchev–Trinajstić information content (AvgIpc) is 3.22. The zero-order valence-corrected chi connectivity index (χ0v) is 25.8. The SMILES string of the molecule is COc1ccc(SC(F)(F)F)cc1CN[C@H]1[C@H](C(C)(C)C)[C@@H](C(=O)O)N(C(=O)OC(C)C)[C@H]1c1cccnc1N(C)C. The van der Waals surface area contributed by atoms with Gasteiger partial charge < -0.3 is 24.8 Å². The third kappa shape index (κ3) is 7.60. The second-order valence-electron chi connectivity index (χ2n) is 11.7. The van der Waals surface area contributed by atoms with Crippen LogP contribution in [0.2, 0.25) is 0 Å². The number of pyridine rings is 1. The summed E-state index contributed by atoms with van der Waals surface area (Å²) in [6, 6.07) is 4.92. The van der Waals surface area contributed by atoms with E-state index in [4.69, 9.17) is 9.47 Å². The first-order chi connectivity index (χ1) is 19.5. The van der Waals surface area contributed by atoms with Crippen molar-refractivity contribution in [2.45, 2.75) is 75.8 Å². The number of thioether (sulfide) groups is 1. The van der Waals surface area contributed by atoms with E-state index in [-0.39, 0.29) is 23.2 Å². The third-order valence-electron chi connectivity index (χ3n) is 7.04. The van der Waals surface area contributed by atoms with Crippen LogP contribution in [-0.4, -0.2) is 72.0 Å². The van der Waals surface area contributed by atoms with E-state index >= 15 is 0 Å². The first kappa shape index (κ1) is 33.3. The van der Waals surface area contributed by atoms with Crippen molar-refractivity contribution >= 4 is 29.6 Å². The fourth-order valence-electron chi connectivity index (χ4n) is 5.60. The Kier molecular flexibility index (Phi) is 10.3. The second-order valence-corrected chi connectivity index (χ2v) is 12.8. The number of ether oxygens (including phenoxy) is 2. The number of nitrogens with one attached hydrogen (secondary N) is 1. The van der Waals surface area contributed by atoms with Gasteiger partial charge in [-0.15, -0.1) is 0 Å². The summed E-state index contributed by atoms with van der Waals surface area (Å²) in [5, 5.41) is 14.0. The molecule has 42 heavy (non-hydrogen) atoms. The Bertz CT molecular complexity index is 1270. The van der Waals surface area contributed by atoms with Crippen molar-refractivity contribution in [3.63, 3.8) is 0 Å². The highest BCUT2D eigenvalue weighted by molar-refractivity contribution is 8.00. The largest absolute Gasteiger partial charge is 0.496 e. The minimum atomic E-state index is -4.47. The van der Waals surface area contributed by atoms with Crippen molar-refractivity contribution in [2.75, 3.05) is 26.1 Å². The number of anilines is 1. The molecule has 9 nitrogen and oxygen atoms in total. The quantitative estimate of drug-likeness (QED) is 0.333. The van der Waals surface area contributed by atoms with Crippen molar-refractivity contribution in [1.82, 2.24) is 15.2 Å². The van der Waals surface area contributed by atoms with Gasteiger partial charge in [-0.1, -0.05) is 26.8 Å². The molecule has 0 saturated carbocycles. The molecule has 1 saturated heterocycles. The van der Waals surface area contributed by atoms with Crippen LogP contribution in [-0.2, 0) is 16.1 Å². The van der Waals surface area contributed by atoms with Crippen LogP contribution in [0, 0.1) is 11.3 Å². The monoisotopic (exact) mass is 612 g/mol. The van der Waals surface area contributed by atoms with Gasteiger partial charge in [0.25, 0.3) is 0 Å². The summed E-state index contributed by atoms with van der Waals surface area (Å²) in [6.07, 6.45) is 0.320. The molecule has 1 fully saturated rings. The van der Waals surface area contributed by atoms with Gasteiger partial charge in [0.05, 0.1) is 19.3 Å². The molecule has 1 amide bonds. The molecule has 2 N–H and O–H groups in total. The highest BCUT2D eigenvalue weighted by atomic mass is 32.2. The normalized spacial score (nSPS) is 21.0. The number of nitrogens with zero attached hydrogens (tertiary/aromatic N) is 3. The number of methoxy groups -OCH3 is 1. The average molecular weight is 613 g/mol. The summed E-state index contributed by atoms with van der Waals surface area (Å²) in [5.74, 6) is -0.927. The molecule has 0 unspecified atom stereocenters. The molecule has 2 aromatic rings. The van der Waals surface area contributed by atoms with E-state index in [0.717, 1.165) is 0 Å². The van der Waals surface area contributed by atoms with Crippen LogP contribution >= 0.6 is 11.8 Å². The number of hydrogen-bond donors (Lipinski definition) is 2. The first-order valence-corrected chi connectivity index (χ1v) is 14.3. The number of rotatable bonds is 9. The Labute approximate surface area is 248 Å². The zero-order valence-electron chi connectivity index (χ0n) is 25.0. The summed E-state index contributed by atoms with van der Waals surface area (Å²) in [4.78, 5) is 34.1. The molecule has 0 aliphatic carbocycles. The smallest absolute Gasteiger partial charge is 0.446 e. The number of amides is 1. The van der Waals surface area contributed by atoms with Crippen LogP contribution in [0.15, 0.2) is 41.4 Å². The summed E-state index contributed by atoms with van der Waals surface area (Å²) in [6.45, 7) is 9.10. The zero-order chi connectivity index (χ0) is 31.6. The van der Waals surface area contributed by atoms with Gasteiger partial charge in [0.1, 0.15) is 17.6 Å². The van der Waals surface area contributed by atoms with Crippen molar-refractivity contribution in [2.24, 2.45) is 11.3 Å². The highest BCUT2D eigenvalue weighted by Gasteiger charge is 2.59. The van der Waals surface area contributed by atoms with E-state index in [1.165, 1.54) is 30.2 Å². The number of carboxylic acids is 1. The number of likely N-dealkylation sites (tertiary alicyclic amines) is 1. The molecule has 4 atom stereocenters. The van der Waals surface area contributed by atoms with Crippen molar-refractivity contribution in [3.8, 4) is 5.75 Å². The van der Waals surface area contributed by atoms with Gasteiger partial charge in [-0.05, 0) is 55.3 Å². The van der Waals surface area contributed by atoms with Crippen LogP contribution in [0.5, 0.6) is 5.75 Å². The minimum absolute atomic E-state index is 0.0110.